The average molecular weight is 204 g/mol. The van der Waals surface area contributed by atoms with Crippen molar-refractivity contribution in [3.05, 3.63) is 23.3 Å². The SMILES string of the molecule is Cc1cc(OCC#N)c(C(C)C)cc1N. The number of benzene rings is 1. The molecule has 0 aliphatic rings. The van der Waals surface area contributed by atoms with Gasteiger partial charge < -0.3 is 10.5 Å². The van der Waals surface area contributed by atoms with Gasteiger partial charge in [0.25, 0.3) is 0 Å². The number of nitrogen functional groups attached to an aromatic ring is 1. The van der Waals surface area contributed by atoms with Crippen LogP contribution in [0.4, 0.5) is 5.69 Å². The van der Waals surface area contributed by atoms with Crippen LogP contribution in [0.2, 0.25) is 0 Å². The molecule has 1 aromatic rings. The van der Waals surface area contributed by atoms with E-state index < -0.39 is 0 Å². The van der Waals surface area contributed by atoms with Crippen molar-refractivity contribution in [2.75, 3.05) is 12.3 Å². The molecule has 3 heteroatoms. The molecule has 0 aromatic heterocycles. The third kappa shape index (κ3) is 2.63. The number of hydrogen-bond donors (Lipinski definition) is 1. The molecule has 3 nitrogen and oxygen atoms in total. The van der Waals surface area contributed by atoms with Gasteiger partial charge in [0.05, 0.1) is 0 Å². The Hall–Kier alpha value is -1.69. The topological polar surface area (TPSA) is 59.0 Å². The van der Waals surface area contributed by atoms with Crippen LogP contribution in [-0.4, -0.2) is 6.61 Å². The molecule has 0 heterocycles. The summed E-state index contributed by atoms with van der Waals surface area (Å²) in [4.78, 5) is 0. The van der Waals surface area contributed by atoms with Gasteiger partial charge in [-0.3, -0.25) is 0 Å². The van der Waals surface area contributed by atoms with Gasteiger partial charge in [-0.15, -0.1) is 0 Å². The van der Waals surface area contributed by atoms with Crippen LogP contribution in [0.25, 0.3) is 0 Å². The van der Waals surface area contributed by atoms with Crippen molar-refractivity contribution in [2.24, 2.45) is 0 Å². The van der Waals surface area contributed by atoms with E-state index in [2.05, 4.69) is 13.8 Å². The summed E-state index contributed by atoms with van der Waals surface area (Å²) in [6, 6.07) is 5.78. The van der Waals surface area contributed by atoms with Crippen molar-refractivity contribution in [1.29, 1.82) is 5.26 Å². The van der Waals surface area contributed by atoms with E-state index in [-0.39, 0.29) is 6.61 Å². The van der Waals surface area contributed by atoms with Gasteiger partial charge in [0.15, 0.2) is 6.61 Å². The van der Waals surface area contributed by atoms with Crippen LogP contribution in [0.3, 0.4) is 0 Å². The van der Waals surface area contributed by atoms with Crippen LogP contribution in [0.5, 0.6) is 5.75 Å². The highest BCUT2D eigenvalue weighted by Gasteiger charge is 2.10. The largest absolute Gasteiger partial charge is 0.478 e. The van der Waals surface area contributed by atoms with Crippen molar-refractivity contribution in [1.82, 2.24) is 0 Å². The van der Waals surface area contributed by atoms with E-state index >= 15 is 0 Å². The maximum absolute atomic E-state index is 8.48. The summed E-state index contributed by atoms with van der Waals surface area (Å²) in [5, 5.41) is 8.48. The van der Waals surface area contributed by atoms with Gasteiger partial charge in [0.2, 0.25) is 0 Å². The van der Waals surface area contributed by atoms with Crippen LogP contribution in [-0.2, 0) is 0 Å². The van der Waals surface area contributed by atoms with Crippen LogP contribution < -0.4 is 10.5 Å². The van der Waals surface area contributed by atoms with Crippen LogP contribution >= 0.6 is 0 Å². The lowest BCUT2D eigenvalue weighted by atomic mass is 9.99. The summed E-state index contributed by atoms with van der Waals surface area (Å²) in [7, 11) is 0. The highest BCUT2D eigenvalue weighted by molar-refractivity contribution is 5.55. The summed E-state index contributed by atoms with van der Waals surface area (Å²) in [5.41, 5.74) is 8.63. The van der Waals surface area contributed by atoms with Crippen molar-refractivity contribution in [3.8, 4) is 11.8 Å². The molecule has 0 aliphatic carbocycles. The molecule has 0 atom stereocenters. The summed E-state index contributed by atoms with van der Waals surface area (Å²) < 4.78 is 5.37. The third-order valence-corrected chi connectivity index (χ3v) is 2.31. The lowest BCUT2D eigenvalue weighted by molar-refractivity contribution is 0.362. The molecule has 2 N–H and O–H groups in total. The molecule has 80 valence electrons. The Labute approximate surface area is 90.5 Å². The van der Waals surface area contributed by atoms with E-state index in [4.69, 9.17) is 15.7 Å². The first kappa shape index (κ1) is 11.4. The van der Waals surface area contributed by atoms with Gasteiger partial charge >= 0.3 is 0 Å². The molecule has 0 spiro atoms. The van der Waals surface area contributed by atoms with E-state index in [1.165, 1.54) is 0 Å². The van der Waals surface area contributed by atoms with Crippen LogP contribution in [0.1, 0.15) is 30.9 Å². The van der Waals surface area contributed by atoms with E-state index in [0.29, 0.717) is 5.92 Å². The number of hydrogen-bond acceptors (Lipinski definition) is 3. The fourth-order valence-electron chi connectivity index (χ4n) is 1.40. The van der Waals surface area contributed by atoms with Crippen molar-refractivity contribution >= 4 is 5.69 Å². The lowest BCUT2D eigenvalue weighted by Gasteiger charge is -2.14. The first-order chi connectivity index (χ1) is 7.06. The summed E-state index contributed by atoms with van der Waals surface area (Å²) >= 11 is 0. The maximum atomic E-state index is 8.48. The molecule has 15 heavy (non-hydrogen) atoms. The predicted octanol–water partition coefficient (Wildman–Crippen LogP) is 2.60. The Balaban J connectivity index is 3.11. The van der Waals surface area contributed by atoms with Gasteiger partial charge in [-0.25, -0.2) is 0 Å². The zero-order valence-corrected chi connectivity index (χ0v) is 9.37. The van der Waals surface area contributed by atoms with Gasteiger partial charge in [-0.2, -0.15) is 5.26 Å². The second kappa shape index (κ2) is 4.70. The van der Waals surface area contributed by atoms with Gasteiger partial charge in [-0.05, 0) is 36.1 Å². The first-order valence-corrected chi connectivity index (χ1v) is 4.96. The second-order valence-electron chi connectivity index (χ2n) is 3.85. The standard InChI is InChI=1S/C12H16N2O/c1-8(2)10-7-11(14)9(3)6-12(10)15-5-4-13/h6-8H,5,14H2,1-3H3. The number of nitriles is 1. The molecule has 0 fully saturated rings. The average Bonchev–Trinajstić information content (AvgIpc) is 2.19. The summed E-state index contributed by atoms with van der Waals surface area (Å²) in [6.07, 6.45) is 0. The fraction of sp³-hybridized carbons (Fsp3) is 0.417. The Bertz CT molecular complexity index is 391. The number of ether oxygens (including phenoxy) is 1. The second-order valence-corrected chi connectivity index (χ2v) is 3.85. The van der Waals surface area contributed by atoms with Gasteiger partial charge in [-0.1, -0.05) is 13.8 Å². The molecule has 1 aromatic carbocycles. The van der Waals surface area contributed by atoms with Gasteiger partial charge in [0, 0.05) is 5.69 Å². The minimum Gasteiger partial charge on any atom is -0.478 e. The number of nitrogens with two attached hydrogens (primary N) is 1. The molecule has 0 unspecified atom stereocenters. The molecular weight excluding hydrogens is 188 g/mol. The first-order valence-electron chi connectivity index (χ1n) is 4.96. The van der Waals surface area contributed by atoms with Gasteiger partial charge in [0.1, 0.15) is 11.8 Å². The Morgan fingerprint density at radius 1 is 1.47 bits per heavy atom. The number of nitrogens with zero attached hydrogens (tertiary/aromatic N) is 1. The highest BCUT2D eigenvalue weighted by Crippen LogP contribution is 2.30. The lowest BCUT2D eigenvalue weighted by Crippen LogP contribution is -2.02. The number of anilines is 1. The zero-order chi connectivity index (χ0) is 11.4. The smallest absolute Gasteiger partial charge is 0.174 e. The quantitative estimate of drug-likeness (QED) is 0.770. The fourth-order valence-corrected chi connectivity index (χ4v) is 1.40. The molecule has 0 aliphatic heterocycles. The maximum Gasteiger partial charge on any atom is 0.174 e. The summed E-state index contributed by atoms with van der Waals surface area (Å²) in [5.74, 6) is 1.10. The minimum atomic E-state index is 0.0725. The van der Waals surface area contributed by atoms with Crippen LogP contribution in [0.15, 0.2) is 12.1 Å². The van der Waals surface area contributed by atoms with E-state index in [1.807, 2.05) is 25.1 Å². The molecule has 0 saturated heterocycles. The molecule has 0 saturated carbocycles. The van der Waals surface area contributed by atoms with E-state index in [1.54, 1.807) is 0 Å². The third-order valence-electron chi connectivity index (χ3n) is 2.31. The van der Waals surface area contributed by atoms with E-state index in [0.717, 1.165) is 22.6 Å². The Morgan fingerprint density at radius 3 is 2.67 bits per heavy atom. The molecule has 0 radical (unpaired) electrons. The van der Waals surface area contributed by atoms with Crippen molar-refractivity contribution in [2.45, 2.75) is 26.7 Å². The Morgan fingerprint density at radius 2 is 2.13 bits per heavy atom. The highest BCUT2D eigenvalue weighted by atomic mass is 16.5. The normalized spacial score (nSPS) is 10.1. The molecule has 0 bridgehead atoms. The van der Waals surface area contributed by atoms with E-state index in [9.17, 15) is 0 Å². The minimum absolute atomic E-state index is 0.0725. The Kier molecular flexibility index (Phi) is 3.56. The monoisotopic (exact) mass is 204 g/mol. The molecule has 1 rings (SSSR count). The number of rotatable bonds is 3. The molecular formula is C12H16N2O. The van der Waals surface area contributed by atoms with Crippen molar-refractivity contribution < 1.29 is 4.74 Å². The number of aryl methyl sites for hydroxylation is 1. The van der Waals surface area contributed by atoms with Crippen LogP contribution in [0, 0.1) is 18.3 Å². The predicted molar refractivity (Wildman–Crippen MR) is 60.8 cm³/mol. The molecule has 0 amide bonds. The zero-order valence-electron chi connectivity index (χ0n) is 9.37. The summed E-state index contributed by atoms with van der Waals surface area (Å²) in [6.45, 7) is 6.15. The van der Waals surface area contributed by atoms with Crippen molar-refractivity contribution in [3.63, 3.8) is 0 Å².